The number of rotatable bonds is 7. The molecule has 200 valence electrons. The maximum atomic E-state index is 13.7. The van der Waals surface area contributed by atoms with Gasteiger partial charge in [-0.3, -0.25) is 9.69 Å². The predicted octanol–water partition coefficient (Wildman–Crippen LogP) is 2.62. The average Bonchev–Trinajstić information content (AvgIpc) is 3.39. The van der Waals surface area contributed by atoms with Crippen LogP contribution < -0.4 is 5.32 Å². The fraction of sp³-hybridized carbons (Fsp3) is 0.826. The van der Waals surface area contributed by atoms with Crippen LogP contribution in [0.5, 0.6) is 0 Å². The number of hydrogen-bond donors (Lipinski definition) is 1. The van der Waals surface area contributed by atoms with Gasteiger partial charge in [-0.15, -0.1) is 0 Å². The maximum absolute atomic E-state index is 13.7. The van der Waals surface area contributed by atoms with Gasteiger partial charge in [0.05, 0.1) is 6.42 Å². The number of nitrogens with one attached hydrogen (secondary N) is 1. The van der Waals surface area contributed by atoms with Crippen LogP contribution in [0, 0.1) is 0 Å². The summed E-state index contributed by atoms with van der Waals surface area (Å²) in [6, 6.07) is 0.831. The van der Waals surface area contributed by atoms with Gasteiger partial charge in [0.15, 0.2) is 5.69 Å². The molecule has 36 heavy (non-hydrogen) atoms. The van der Waals surface area contributed by atoms with E-state index in [4.69, 9.17) is 4.52 Å². The quantitative estimate of drug-likeness (QED) is 0.581. The third kappa shape index (κ3) is 4.67. The van der Waals surface area contributed by atoms with Crippen LogP contribution in [0.15, 0.2) is 10.6 Å². The third-order valence-corrected chi connectivity index (χ3v) is 10.7. The summed E-state index contributed by atoms with van der Waals surface area (Å²) in [5, 5.41) is 6.92. The highest BCUT2D eigenvalue weighted by Crippen LogP contribution is 2.42. The number of aromatic nitrogens is 1. The van der Waals surface area contributed by atoms with Crippen LogP contribution in [0.4, 0.5) is 13.2 Å². The number of carbonyl (C=O) groups is 1. The van der Waals surface area contributed by atoms with E-state index in [1.165, 1.54) is 4.31 Å². The first kappa shape index (κ1) is 24.6. The lowest BCUT2D eigenvalue weighted by molar-refractivity contribution is -0.140. The van der Waals surface area contributed by atoms with E-state index < -0.39 is 22.8 Å². The molecule has 0 aromatic carbocycles. The molecular weight excluding hydrogens is 499 g/mol. The highest BCUT2D eigenvalue weighted by molar-refractivity contribution is 7.86. The molecule has 6 rings (SSSR count). The molecule has 3 unspecified atom stereocenters. The van der Waals surface area contributed by atoms with E-state index in [2.05, 4.69) is 10.5 Å². The fourth-order valence-electron chi connectivity index (χ4n) is 6.74. The Morgan fingerprint density at radius 2 is 1.64 bits per heavy atom. The number of fused-ring (bicyclic) bond motifs is 4. The van der Waals surface area contributed by atoms with Gasteiger partial charge in [0, 0.05) is 61.8 Å². The molecule has 4 bridgehead atoms. The van der Waals surface area contributed by atoms with E-state index in [0.717, 1.165) is 44.3 Å². The summed E-state index contributed by atoms with van der Waals surface area (Å²) in [6.45, 7) is 0.404. The molecular formula is C23H32F3N5O4S. The Hall–Kier alpha value is -1.70. The third-order valence-electron chi connectivity index (χ3n) is 8.59. The Bertz CT molecular complexity index is 1080. The standard InChI is InChI=1S/C23H32F3N5O4S/c24-23(25,26)7-8-30-18-5-6-19(30)13-29(12-18)36(33,34)31-16-3-4-17(31)10-15(9-16)27-22(32)20-11-21(35-28-20)14-1-2-14/h11,14-19H,1-10,12-13H2,(H,27,32)/t15?,16-,17+,18?,19?. The van der Waals surface area contributed by atoms with Gasteiger partial charge < -0.3 is 9.84 Å². The van der Waals surface area contributed by atoms with Crippen molar-refractivity contribution in [1.82, 2.24) is 24.0 Å². The summed E-state index contributed by atoms with van der Waals surface area (Å²) in [4.78, 5) is 14.6. The second-order valence-electron chi connectivity index (χ2n) is 11.1. The Morgan fingerprint density at radius 3 is 2.22 bits per heavy atom. The largest absolute Gasteiger partial charge is 0.390 e. The minimum atomic E-state index is -4.21. The first-order chi connectivity index (χ1) is 17.1. The van der Waals surface area contributed by atoms with Crippen molar-refractivity contribution in [2.45, 2.75) is 100 Å². The molecule has 5 fully saturated rings. The minimum absolute atomic E-state index is 0.0727. The molecule has 1 N–H and O–H groups in total. The summed E-state index contributed by atoms with van der Waals surface area (Å²) < 4.78 is 74.1. The zero-order chi connectivity index (χ0) is 25.2. The summed E-state index contributed by atoms with van der Waals surface area (Å²) in [6.07, 6.45) is 1.02. The molecule has 1 aliphatic carbocycles. The van der Waals surface area contributed by atoms with Crippen molar-refractivity contribution in [3.63, 3.8) is 0 Å². The lowest BCUT2D eigenvalue weighted by atomic mass is 9.99. The molecule has 0 radical (unpaired) electrons. The zero-order valence-corrected chi connectivity index (χ0v) is 20.8. The number of piperidine rings is 1. The van der Waals surface area contributed by atoms with Gasteiger partial charge >= 0.3 is 6.18 Å². The molecule has 5 aliphatic rings. The summed E-state index contributed by atoms with van der Waals surface area (Å²) in [5.41, 5.74) is 0.262. The topological polar surface area (TPSA) is 99.0 Å². The molecule has 1 aromatic heterocycles. The Morgan fingerprint density at radius 1 is 1.03 bits per heavy atom. The van der Waals surface area contributed by atoms with Gasteiger partial charge in [-0.2, -0.15) is 30.2 Å². The molecule has 5 heterocycles. The van der Waals surface area contributed by atoms with Crippen LogP contribution in [0.25, 0.3) is 0 Å². The molecule has 13 heteroatoms. The molecule has 0 spiro atoms. The van der Waals surface area contributed by atoms with Crippen LogP contribution in [-0.2, 0) is 10.2 Å². The number of hydrogen-bond acceptors (Lipinski definition) is 6. The van der Waals surface area contributed by atoms with E-state index >= 15 is 0 Å². The van der Waals surface area contributed by atoms with Gasteiger partial charge in [-0.05, 0) is 51.4 Å². The molecule has 4 saturated heterocycles. The Balaban J connectivity index is 1.08. The summed E-state index contributed by atoms with van der Waals surface area (Å²) >= 11 is 0. The van der Waals surface area contributed by atoms with Crippen molar-refractivity contribution < 1.29 is 30.9 Å². The number of carbonyl (C=O) groups excluding carboxylic acids is 1. The second kappa shape index (κ2) is 8.95. The lowest BCUT2D eigenvalue weighted by Gasteiger charge is -2.45. The number of nitrogens with zero attached hydrogens (tertiary/aromatic N) is 4. The average molecular weight is 532 g/mol. The van der Waals surface area contributed by atoms with E-state index in [-0.39, 0.29) is 61.4 Å². The fourth-order valence-corrected chi connectivity index (χ4v) is 8.86. The smallest absolute Gasteiger partial charge is 0.360 e. The molecule has 1 amide bonds. The van der Waals surface area contributed by atoms with Crippen molar-refractivity contribution in [2.75, 3.05) is 19.6 Å². The SMILES string of the molecule is O=C(NC1C[C@H]2CC[C@@H](C1)N2S(=O)(=O)N1CC2CCC(C1)N2CCC(F)(F)F)c1cc(C2CC2)on1. The van der Waals surface area contributed by atoms with Gasteiger partial charge in [0.2, 0.25) is 0 Å². The predicted molar refractivity (Wildman–Crippen MR) is 122 cm³/mol. The Kier molecular flexibility index (Phi) is 6.12. The molecule has 4 aliphatic heterocycles. The highest BCUT2D eigenvalue weighted by atomic mass is 32.2. The number of piperazine rings is 1. The van der Waals surface area contributed by atoms with Gasteiger partial charge in [-0.1, -0.05) is 5.16 Å². The normalized spacial score (nSPS) is 33.8. The van der Waals surface area contributed by atoms with Crippen LogP contribution in [-0.4, -0.2) is 89.0 Å². The highest BCUT2D eigenvalue weighted by Gasteiger charge is 2.52. The van der Waals surface area contributed by atoms with Crippen LogP contribution in [0.3, 0.4) is 0 Å². The number of alkyl halides is 3. The molecule has 1 saturated carbocycles. The van der Waals surface area contributed by atoms with Crippen molar-refractivity contribution in [3.8, 4) is 0 Å². The minimum Gasteiger partial charge on any atom is -0.360 e. The number of amides is 1. The van der Waals surface area contributed by atoms with Gasteiger partial charge in [0.1, 0.15) is 5.76 Å². The monoisotopic (exact) mass is 531 g/mol. The van der Waals surface area contributed by atoms with Gasteiger partial charge in [-0.25, -0.2) is 0 Å². The van der Waals surface area contributed by atoms with Crippen molar-refractivity contribution in [2.24, 2.45) is 0 Å². The van der Waals surface area contributed by atoms with Crippen LogP contribution >= 0.6 is 0 Å². The maximum Gasteiger partial charge on any atom is 0.390 e. The molecule has 9 nitrogen and oxygen atoms in total. The second-order valence-corrected chi connectivity index (χ2v) is 12.9. The van der Waals surface area contributed by atoms with Crippen molar-refractivity contribution in [1.29, 1.82) is 0 Å². The van der Waals surface area contributed by atoms with Crippen LogP contribution in [0.2, 0.25) is 0 Å². The van der Waals surface area contributed by atoms with Crippen LogP contribution in [0.1, 0.15) is 80.0 Å². The zero-order valence-electron chi connectivity index (χ0n) is 20.0. The molecule has 1 aromatic rings. The summed E-state index contributed by atoms with van der Waals surface area (Å²) in [7, 11) is -3.74. The number of halogens is 3. The van der Waals surface area contributed by atoms with Crippen molar-refractivity contribution >= 4 is 16.1 Å². The molecule has 5 atom stereocenters. The van der Waals surface area contributed by atoms with E-state index in [9.17, 15) is 26.4 Å². The van der Waals surface area contributed by atoms with Crippen molar-refractivity contribution in [3.05, 3.63) is 17.5 Å². The summed E-state index contributed by atoms with van der Waals surface area (Å²) in [5.74, 6) is 0.816. The lowest BCUT2D eigenvalue weighted by Crippen LogP contribution is -2.61. The first-order valence-electron chi connectivity index (χ1n) is 13.0. The van der Waals surface area contributed by atoms with E-state index in [0.29, 0.717) is 18.8 Å². The first-order valence-corrected chi connectivity index (χ1v) is 14.4. The Labute approximate surface area is 208 Å². The van der Waals surface area contributed by atoms with Gasteiger partial charge in [0.25, 0.3) is 16.1 Å². The van der Waals surface area contributed by atoms with E-state index in [1.54, 1.807) is 10.4 Å². The van der Waals surface area contributed by atoms with E-state index in [1.807, 2.05) is 4.90 Å².